The van der Waals surface area contributed by atoms with Crippen molar-refractivity contribution in [2.24, 2.45) is 11.3 Å². The van der Waals surface area contributed by atoms with Crippen LogP contribution in [0.1, 0.15) is 72.1 Å². The fourth-order valence-corrected chi connectivity index (χ4v) is 4.04. The molecule has 1 aliphatic carbocycles. The molecule has 0 N–H and O–H groups in total. The molecule has 2 atom stereocenters. The summed E-state index contributed by atoms with van der Waals surface area (Å²) in [7, 11) is 0. The second-order valence-electron chi connectivity index (χ2n) is 6.71. The Morgan fingerprint density at radius 1 is 1.21 bits per heavy atom. The minimum atomic E-state index is -0.0942. The van der Waals surface area contributed by atoms with Crippen LogP contribution in [-0.2, 0) is 4.18 Å². The highest BCUT2D eigenvalue weighted by Gasteiger charge is 2.38. The van der Waals surface area contributed by atoms with Gasteiger partial charge in [-0.3, -0.25) is 0 Å². The maximum atomic E-state index is 15.4. The molecular weight excluding hydrogens is 319 g/mol. The molecule has 0 saturated carbocycles. The zero-order chi connectivity index (χ0) is 17.8. The van der Waals surface area contributed by atoms with Gasteiger partial charge in [0.1, 0.15) is 5.83 Å². The number of allylic oxidation sites excluding steroid dienone is 6. The molecule has 24 heavy (non-hydrogen) atoms. The molecule has 0 bridgehead atoms. The molecule has 0 aromatic carbocycles. The van der Waals surface area contributed by atoms with Crippen LogP contribution in [-0.4, -0.2) is 12.9 Å². The third-order valence-corrected chi connectivity index (χ3v) is 5.77. The molecule has 3 heteroatoms. The van der Waals surface area contributed by atoms with Gasteiger partial charge in [-0.05, 0) is 61.6 Å². The summed E-state index contributed by atoms with van der Waals surface area (Å²) in [6.07, 6.45) is 18.2. The predicted molar refractivity (Wildman–Crippen MR) is 106 cm³/mol. The molecule has 138 valence electrons. The molecule has 0 heterocycles. The SMILES string of the molecule is CCCCC(CC)(CCCOSC)C1C=C/C=C\C/C(CC)=C\1F. The highest BCUT2D eigenvalue weighted by molar-refractivity contribution is 7.93. The number of halogens is 1. The van der Waals surface area contributed by atoms with E-state index in [0.29, 0.717) is 0 Å². The van der Waals surface area contributed by atoms with E-state index >= 15 is 4.39 Å². The van der Waals surface area contributed by atoms with Gasteiger partial charge in [0.05, 0.1) is 6.61 Å². The third-order valence-electron chi connectivity index (χ3n) is 5.36. The second kappa shape index (κ2) is 11.9. The van der Waals surface area contributed by atoms with Crippen LogP contribution < -0.4 is 0 Å². The Morgan fingerprint density at radius 2 is 1.96 bits per heavy atom. The lowest BCUT2D eigenvalue weighted by Crippen LogP contribution is -2.31. The van der Waals surface area contributed by atoms with Gasteiger partial charge in [-0.15, -0.1) is 0 Å². The van der Waals surface area contributed by atoms with Gasteiger partial charge in [0.2, 0.25) is 0 Å². The Morgan fingerprint density at radius 3 is 2.58 bits per heavy atom. The molecular formula is C21H35FOS. The minimum absolute atomic E-state index is 0.00393. The lowest BCUT2D eigenvalue weighted by molar-refractivity contribution is 0.140. The van der Waals surface area contributed by atoms with E-state index in [4.69, 9.17) is 4.18 Å². The van der Waals surface area contributed by atoms with E-state index in [2.05, 4.69) is 39.0 Å². The molecule has 0 aromatic rings. The van der Waals surface area contributed by atoms with E-state index in [0.717, 1.165) is 63.5 Å². The lowest BCUT2D eigenvalue weighted by atomic mass is 9.65. The van der Waals surface area contributed by atoms with Gasteiger partial charge in [-0.25, -0.2) is 4.39 Å². The third kappa shape index (κ3) is 6.07. The smallest absolute Gasteiger partial charge is 0.107 e. The fraction of sp³-hybridized carbons (Fsp3) is 0.714. The molecule has 0 amide bonds. The maximum absolute atomic E-state index is 15.4. The molecule has 1 rings (SSSR count). The van der Waals surface area contributed by atoms with Gasteiger partial charge >= 0.3 is 0 Å². The Labute approximate surface area is 153 Å². The fourth-order valence-electron chi connectivity index (χ4n) is 3.76. The van der Waals surface area contributed by atoms with Crippen molar-refractivity contribution in [3.63, 3.8) is 0 Å². The summed E-state index contributed by atoms with van der Waals surface area (Å²) < 4.78 is 20.9. The Hall–Kier alpha value is -0.540. The van der Waals surface area contributed by atoms with Crippen molar-refractivity contribution in [1.82, 2.24) is 0 Å². The number of hydrogen-bond donors (Lipinski definition) is 0. The van der Waals surface area contributed by atoms with E-state index in [1.807, 2.05) is 12.3 Å². The maximum Gasteiger partial charge on any atom is 0.107 e. The van der Waals surface area contributed by atoms with E-state index < -0.39 is 0 Å². The van der Waals surface area contributed by atoms with Crippen LogP contribution in [0.25, 0.3) is 0 Å². The first-order valence-electron chi connectivity index (χ1n) is 9.51. The largest absolute Gasteiger partial charge is 0.316 e. The zero-order valence-corrected chi connectivity index (χ0v) is 16.8. The van der Waals surface area contributed by atoms with Crippen LogP contribution in [0.3, 0.4) is 0 Å². The number of unbranched alkanes of at least 4 members (excludes halogenated alkanes) is 1. The molecule has 0 saturated heterocycles. The summed E-state index contributed by atoms with van der Waals surface area (Å²) in [6, 6.07) is 0. The van der Waals surface area contributed by atoms with Gasteiger partial charge in [-0.1, -0.05) is 57.9 Å². The lowest BCUT2D eigenvalue weighted by Gasteiger charge is -2.40. The van der Waals surface area contributed by atoms with Crippen molar-refractivity contribution in [2.45, 2.75) is 72.1 Å². The Kier molecular flexibility index (Phi) is 10.7. The summed E-state index contributed by atoms with van der Waals surface area (Å²) in [6.45, 7) is 7.26. The standard InChI is InChI=1S/C21H35FOS/c1-5-8-15-21(7-3,16-12-17-23-24-4)19-14-11-9-10-13-18(6-2)20(19)22/h9-11,14,19H,5-8,12-13,15-17H2,1-4H3/b10-9-,14-11?,20-18+. The van der Waals surface area contributed by atoms with Crippen molar-refractivity contribution in [2.75, 3.05) is 12.9 Å². The summed E-state index contributed by atoms with van der Waals surface area (Å²) in [4.78, 5) is 0. The Balaban J connectivity index is 3.12. The second-order valence-corrected chi connectivity index (χ2v) is 7.28. The average molecular weight is 355 g/mol. The first kappa shape index (κ1) is 21.5. The van der Waals surface area contributed by atoms with E-state index in [9.17, 15) is 0 Å². The molecule has 0 spiro atoms. The molecule has 0 fully saturated rings. The molecule has 1 nitrogen and oxygen atoms in total. The van der Waals surface area contributed by atoms with Crippen LogP contribution in [0.15, 0.2) is 35.7 Å². The first-order chi connectivity index (χ1) is 11.6. The van der Waals surface area contributed by atoms with E-state index in [-0.39, 0.29) is 17.2 Å². The average Bonchev–Trinajstić information content (AvgIpc) is 2.59. The monoisotopic (exact) mass is 354 g/mol. The van der Waals surface area contributed by atoms with E-state index in [1.54, 1.807) is 0 Å². The number of rotatable bonds is 11. The molecule has 0 aromatic heterocycles. The van der Waals surface area contributed by atoms with Gasteiger partial charge in [-0.2, -0.15) is 0 Å². The summed E-state index contributed by atoms with van der Waals surface area (Å²) in [5.41, 5.74) is 0.972. The zero-order valence-electron chi connectivity index (χ0n) is 15.9. The van der Waals surface area contributed by atoms with Crippen LogP contribution in [0.5, 0.6) is 0 Å². The Bertz CT molecular complexity index is 441. The van der Waals surface area contributed by atoms with E-state index in [1.165, 1.54) is 12.0 Å². The summed E-state index contributed by atoms with van der Waals surface area (Å²) in [5.74, 6) is 0.0325. The molecule has 1 aliphatic rings. The summed E-state index contributed by atoms with van der Waals surface area (Å²) in [5, 5.41) is 0. The van der Waals surface area contributed by atoms with Crippen molar-refractivity contribution in [3.05, 3.63) is 35.7 Å². The van der Waals surface area contributed by atoms with Gasteiger partial charge in [0.25, 0.3) is 0 Å². The van der Waals surface area contributed by atoms with Gasteiger partial charge in [0.15, 0.2) is 0 Å². The van der Waals surface area contributed by atoms with Crippen molar-refractivity contribution < 1.29 is 8.57 Å². The van der Waals surface area contributed by atoms with Crippen LogP contribution in [0.4, 0.5) is 4.39 Å². The summed E-state index contributed by atoms with van der Waals surface area (Å²) >= 11 is 1.42. The van der Waals surface area contributed by atoms with Crippen molar-refractivity contribution >= 4 is 12.0 Å². The van der Waals surface area contributed by atoms with Crippen LogP contribution in [0.2, 0.25) is 0 Å². The first-order valence-corrected chi connectivity index (χ1v) is 10.7. The van der Waals surface area contributed by atoms with Crippen molar-refractivity contribution in [3.8, 4) is 0 Å². The van der Waals surface area contributed by atoms with Crippen LogP contribution >= 0.6 is 12.0 Å². The number of hydrogen-bond acceptors (Lipinski definition) is 2. The normalized spacial score (nSPS) is 25.1. The van der Waals surface area contributed by atoms with Gasteiger partial charge < -0.3 is 4.18 Å². The molecule has 2 unspecified atom stereocenters. The van der Waals surface area contributed by atoms with Crippen LogP contribution in [0, 0.1) is 11.3 Å². The predicted octanol–water partition coefficient (Wildman–Crippen LogP) is 7.41. The molecule has 0 aliphatic heterocycles. The van der Waals surface area contributed by atoms with Crippen molar-refractivity contribution in [1.29, 1.82) is 0 Å². The quantitative estimate of drug-likeness (QED) is 0.282. The molecule has 0 radical (unpaired) electrons. The minimum Gasteiger partial charge on any atom is -0.316 e. The topological polar surface area (TPSA) is 9.23 Å². The van der Waals surface area contributed by atoms with Gasteiger partial charge in [0, 0.05) is 12.2 Å². The highest BCUT2D eigenvalue weighted by atomic mass is 32.2. The highest BCUT2D eigenvalue weighted by Crippen LogP contribution is 2.47.